The molecule has 4 rings (SSSR count). The molecule has 3 aromatic rings. The van der Waals surface area contributed by atoms with Gasteiger partial charge in [0.2, 0.25) is 0 Å². The summed E-state index contributed by atoms with van der Waals surface area (Å²) < 4.78 is 11.2. The largest absolute Gasteiger partial charge is 0.493 e. The topological polar surface area (TPSA) is 67.8 Å². The van der Waals surface area contributed by atoms with Gasteiger partial charge in [-0.05, 0) is 78.0 Å². The van der Waals surface area contributed by atoms with Crippen molar-refractivity contribution in [2.75, 3.05) is 26.1 Å². The molecule has 0 spiro atoms. The monoisotopic (exact) mass is 458 g/mol. The maximum Gasteiger partial charge on any atom is 0.307 e. The zero-order chi connectivity index (χ0) is 23.9. The molecule has 2 N–H and O–H groups in total. The quantitative estimate of drug-likeness (QED) is 0.396. The first-order chi connectivity index (χ1) is 16.6. The third-order valence-corrected chi connectivity index (χ3v) is 6.61. The van der Waals surface area contributed by atoms with E-state index in [0.29, 0.717) is 5.92 Å². The number of carbonyl (C=O) groups is 1. The van der Waals surface area contributed by atoms with Crippen molar-refractivity contribution in [2.24, 2.45) is 0 Å². The maximum absolute atomic E-state index is 10.9. The fourth-order valence-electron chi connectivity index (χ4n) is 4.79. The molecular weight excluding hydrogens is 426 g/mol. The zero-order valence-corrected chi connectivity index (χ0v) is 19.9. The van der Waals surface area contributed by atoms with E-state index in [-0.39, 0.29) is 6.42 Å². The highest BCUT2D eigenvalue weighted by molar-refractivity contribution is 5.70. The number of hydrogen-bond donors (Lipinski definition) is 2. The Morgan fingerprint density at radius 3 is 2.53 bits per heavy atom. The molecule has 0 aliphatic heterocycles. The van der Waals surface area contributed by atoms with Crippen LogP contribution in [0.15, 0.2) is 54.6 Å². The summed E-state index contributed by atoms with van der Waals surface area (Å²) in [4.78, 5) is 10.9. The van der Waals surface area contributed by atoms with Gasteiger partial charge in [-0.3, -0.25) is 4.79 Å². The van der Waals surface area contributed by atoms with Gasteiger partial charge in [-0.2, -0.15) is 0 Å². The van der Waals surface area contributed by atoms with Crippen LogP contribution < -0.4 is 14.8 Å². The van der Waals surface area contributed by atoms with Gasteiger partial charge >= 0.3 is 5.97 Å². The SMILES string of the molecule is COc1cc(NCCCc2ccc(CC(=O)O)cc2)c([C@@H]2CCc3c[c]ccc3C2)cc1OC. The van der Waals surface area contributed by atoms with Crippen LogP contribution in [0.1, 0.15) is 46.6 Å². The lowest BCUT2D eigenvalue weighted by atomic mass is 9.79. The molecule has 177 valence electrons. The van der Waals surface area contributed by atoms with Gasteiger partial charge in [0, 0.05) is 18.3 Å². The molecule has 0 saturated heterocycles. The van der Waals surface area contributed by atoms with Crippen LogP contribution in [0, 0.1) is 6.07 Å². The molecule has 5 heteroatoms. The molecule has 1 radical (unpaired) electrons. The lowest BCUT2D eigenvalue weighted by Crippen LogP contribution is -2.15. The zero-order valence-electron chi connectivity index (χ0n) is 19.9. The van der Waals surface area contributed by atoms with E-state index in [1.165, 1.54) is 22.3 Å². The highest BCUT2D eigenvalue weighted by Gasteiger charge is 2.24. The first-order valence-corrected chi connectivity index (χ1v) is 11.8. The highest BCUT2D eigenvalue weighted by Crippen LogP contribution is 2.41. The van der Waals surface area contributed by atoms with Gasteiger partial charge in [0.05, 0.1) is 20.6 Å². The first-order valence-electron chi connectivity index (χ1n) is 11.8. The Labute approximate surface area is 201 Å². The van der Waals surface area contributed by atoms with E-state index in [0.717, 1.165) is 61.4 Å². The third kappa shape index (κ3) is 5.71. The van der Waals surface area contributed by atoms with Crippen LogP contribution in [0.4, 0.5) is 5.69 Å². The van der Waals surface area contributed by atoms with Crippen LogP contribution in [0.5, 0.6) is 11.5 Å². The molecule has 0 aromatic heterocycles. The van der Waals surface area contributed by atoms with E-state index in [1.807, 2.05) is 30.3 Å². The fourth-order valence-corrected chi connectivity index (χ4v) is 4.79. The summed E-state index contributed by atoms with van der Waals surface area (Å²) in [5.41, 5.74) is 7.23. The Kier molecular flexibility index (Phi) is 7.73. The number of rotatable bonds is 10. The standard InChI is InChI=1S/C29H32NO4/c1-33-27-18-25(24-14-13-22-7-3-4-8-23(22)17-24)26(19-28(27)34-2)30-15-5-6-20-9-11-21(12-10-20)16-29(31)32/h4,7-12,18-19,24,30H,5-6,13-17H2,1-2H3,(H,31,32)/t24-/m1/s1. The second kappa shape index (κ2) is 11.1. The van der Waals surface area contributed by atoms with Gasteiger partial charge in [-0.25, -0.2) is 0 Å². The van der Waals surface area contributed by atoms with E-state index in [9.17, 15) is 4.79 Å². The van der Waals surface area contributed by atoms with Crippen molar-refractivity contribution in [1.82, 2.24) is 0 Å². The number of fused-ring (bicyclic) bond motifs is 1. The van der Waals surface area contributed by atoms with E-state index in [1.54, 1.807) is 14.2 Å². The summed E-state index contributed by atoms with van der Waals surface area (Å²) in [6.45, 7) is 0.831. The molecule has 0 unspecified atom stereocenters. The van der Waals surface area contributed by atoms with Crippen LogP contribution in [-0.2, 0) is 30.5 Å². The number of aryl methyl sites for hydroxylation is 2. The van der Waals surface area contributed by atoms with Gasteiger partial charge in [0.25, 0.3) is 0 Å². The van der Waals surface area contributed by atoms with E-state index in [2.05, 4.69) is 35.6 Å². The molecule has 1 aliphatic rings. The molecule has 0 saturated carbocycles. The van der Waals surface area contributed by atoms with Crippen LogP contribution in [0.2, 0.25) is 0 Å². The van der Waals surface area contributed by atoms with Crippen molar-refractivity contribution in [3.05, 3.63) is 88.5 Å². The number of anilines is 1. The molecule has 1 atom stereocenters. The summed E-state index contributed by atoms with van der Waals surface area (Å²) in [6.07, 6.45) is 5.12. The summed E-state index contributed by atoms with van der Waals surface area (Å²) in [6, 6.07) is 21.6. The number of hydrogen-bond acceptors (Lipinski definition) is 4. The predicted molar refractivity (Wildman–Crippen MR) is 134 cm³/mol. The van der Waals surface area contributed by atoms with Gasteiger partial charge in [0.15, 0.2) is 11.5 Å². The van der Waals surface area contributed by atoms with Crippen molar-refractivity contribution in [2.45, 2.75) is 44.4 Å². The van der Waals surface area contributed by atoms with Gasteiger partial charge in [-0.1, -0.05) is 42.5 Å². The van der Waals surface area contributed by atoms with Crippen molar-refractivity contribution in [3.63, 3.8) is 0 Å². The van der Waals surface area contributed by atoms with E-state index >= 15 is 0 Å². The minimum absolute atomic E-state index is 0.0633. The minimum atomic E-state index is -0.803. The van der Waals surface area contributed by atoms with Crippen molar-refractivity contribution >= 4 is 11.7 Å². The van der Waals surface area contributed by atoms with Crippen LogP contribution in [-0.4, -0.2) is 31.8 Å². The molecular formula is C29H32NO4. The fraction of sp³-hybridized carbons (Fsp3) is 0.345. The summed E-state index contributed by atoms with van der Waals surface area (Å²) >= 11 is 0. The second-order valence-corrected chi connectivity index (χ2v) is 8.85. The Morgan fingerprint density at radius 2 is 1.79 bits per heavy atom. The van der Waals surface area contributed by atoms with E-state index in [4.69, 9.17) is 14.6 Å². The number of ether oxygens (including phenoxy) is 2. The molecule has 0 fully saturated rings. The molecule has 1 aliphatic carbocycles. The van der Waals surface area contributed by atoms with Gasteiger partial charge in [0.1, 0.15) is 0 Å². The Bertz CT molecular complexity index is 1120. The smallest absolute Gasteiger partial charge is 0.307 e. The Hall–Kier alpha value is -3.47. The molecule has 3 aromatic carbocycles. The molecule has 0 heterocycles. The third-order valence-electron chi connectivity index (χ3n) is 6.61. The van der Waals surface area contributed by atoms with Crippen molar-refractivity contribution in [3.8, 4) is 11.5 Å². The number of carboxylic acids is 1. The number of nitrogens with one attached hydrogen (secondary N) is 1. The lowest BCUT2D eigenvalue weighted by molar-refractivity contribution is -0.136. The molecule has 0 bridgehead atoms. The molecule has 0 amide bonds. The number of carboxylic acid groups (broad SMARTS) is 1. The average Bonchev–Trinajstić information content (AvgIpc) is 2.86. The maximum atomic E-state index is 10.9. The van der Waals surface area contributed by atoms with Gasteiger partial charge in [-0.15, -0.1) is 0 Å². The minimum Gasteiger partial charge on any atom is -0.493 e. The number of methoxy groups -OCH3 is 2. The van der Waals surface area contributed by atoms with Crippen LogP contribution in [0.3, 0.4) is 0 Å². The van der Waals surface area contributed by atoms with E-state index < -0.39 is 5.97 Å². The predicted octanol–water partition coefficient (Wildman–Crippen LogP) is 5.45. The van der Waals surface area contributed by atoms with Gasteiger partial charge < -0.3 is 19.9 Å². The normalized spacial score (nSPS) is 14.8. The van der Waals surface area contributed by atoms with Crippen molar-refractivity contribution < 1.29 is 19.4 Å². The summed E-state index contributed by atoms with van der Waals surface area (Å²) in [5, 5.41) is 12.6. The molecule has 34 heavy (non-hydrogen) atoms. The Morgan fingerprint density at radius 1 is 1.06 bits per heavy atom. The highest BCUT2D eigenvalue weighted by atomic mass is 16.5. The second-order valence-electron chi connectivity index (χ2n) is 8.85. The summed E-state index contributed by atoms with van der Waals surface area (Å²) in [5.74, 6) is 1.10. The average molecular weight is 459 g/mol. The van der Waals surface area contributed by atoms with Crippen LogP contribution >= 0.6 is 0 Å². The summed E-state index contributed by atoms with van der Waals surface area (Å²) in [7, 11) is 3.35. The first kappa shape index (κ1) is 23.7. The molecule has 5 nitrogen and oxygen atoms in total. The Balaban J connectivity index is 1.45. The van der Waals surface area contributed by atoms with Crippen molar-refractivity contribution in [1.29, 1.82) is 0 Å². The lowest BCUT2D eigenvalue weighted by Gasteiger charge is -2.28. The number of benzene rings is 3. The number of aliphatic carboxylic acids is 1. The van der Waals surface area contributed by atoms with Crippen LogP contribution in [0.25, 0.3) is 0 Å².